The summed E-state index contributed by atoms with van der Waals surface area (Å²) in [6.45, 7) is 1.16. The van der Waals surface area contributed by atoms with Gasteiger partial charge < -0.3 is 19.7 Å². The van der Waals surface area contributed by atoms with Crippen molar-refractivity contribution in [2.24, 2.45) is 0 Å². The highest BCUT2D eigenvalue weighted by molar-refractivity contribution is 7.98. The molecule has 2 aromatic rings. The molecule has 1 amide bonds. The second-order valence-electron chi connectivity index (χ2n) is 6.26. The van der Waals surface area contributed by atoms with Gasteiger partial charge >= 0.3 is 5.97 Å². The van der Waals surface area contributed by atoms with Crippen LogP contribution < -0.4 is 5.56 Å². The Bertz CT molecular complexity index is 885. The number of carbonyl (C=O) groups is 2. The van der Waals surface area contributed by atoms with Crippen molar-refractivity contribution in [1.82, 2.24) is 14.9 Å². The molecule has 2 N–H and O–H groups in total. The Labute approximate surface area is 159 Å². The van der Waals surface area contributed by atoms with Gasteiger partial charge in [0.15, 0.2) is 0 Å². The molecule has 0 bridgehead atoms. The molecule has 1 fully saturated rings. The zero-order chi connectivity index (χ0) is 19.2. The zero-order valence-electron chi connectivity index (χ0n) is 14.7. The lowest BCUT2D eigenvalue weighted by atomic mass is 10.2. The Morgan fingerprint density at radius 1 is 1.37 bits per heavy atom. The second kappa shape index (κ2) is 9.01. The molecule has 0 spiro atoms. The fourth-order valence-corrected chi connectivity index (χ4v) is 3.75. The molecule has 1 aliphatic heterocycles. The predicted octanol–water partition coefficient (Wildman–Crippen LogP) is 1.25. The third kappa shape index (κ3) is 5.30. The fourth-order valence-electron chi connectivity index (χ4n) is 2.95. The second-order valence-corrected chi connectivity index (χ2v) is 7.37. The SMILES string of the molecule is O=C(O)CC1CN(C(=O)CCSCc2nc3ccccc3c(=O)[nH]2)CCO1. The monoisotopic (exact) mass is 391 g/mol. The number of carboxylic acids is 1. The van der Waals surface area contributed by atoms with E-state index in [1.54, 1.807) is 23.1 Å². The number of thioether (sulfide) groups is 1. The summed E-state index contributed by atoms with van der Waals surface area (Å²) in [5, 5.41) is 9.40. The minimum absolute atomic E-state index is 0.0128. The number of para-hydroxylation sites is 1. The topological polar surface area (TPSA) is 113 Å². The first-order valence-electron chi connectivity index (χ1n) is 8.70. The van der Waals surface area contributed by atoms with Gasteiger partial charge in [0, 0.05) is 25.3 Å². The van der Waals surface area contributed by atoms with Gasteiger partial charge in [0.2, 0.25) is 5.91 Å². The van der Waals surface area contributed by atoms with E-state index in [-0.39, 0.29) is 17.9 Å². The van der Waals surface area contributed by atoms with E-state index >= 15 is 0 Å². The van der Waals surface area contributed by atoms with Crippen LogP contribution >= 0.6 is 11.8 Å². The highest BCUT2D eigenvalue weighted by Gasteiger charge is 2.25. The van der Waals surface area contributed by atoms with Gasteiger partial charge in [0.25, 0.3) is 5.56 Å². The average Bonchev–Trinajstić information content (AvgIpc) is 2.65. The summed E-state index contributed by atoms with van der Waals surface area (Å²) < 4.78 is 5.38. The van der Waals surface area contributed by atoms with E-state index in [1.165, 1.54) is 11.8 Å². The molecular weight excluding hydrogens is 370 g/mol. The summed E-state index contributed by atoms with van der Waals surface area (Å²) in [6.07, 6.45) is -0.193. The number of fused-ring (bicyclic) bond motifs is 1. The number of benzene rings is 1. The van der Waals surface area contributed by atoms with Crippen molar-refractivity contribution >= 4 is 34.5 Å². The Kier molecular flexibility index (Phi) is 6.46. The number of H-pyrrole nitrogens is 1. The van der Waals surface area contributed by atoms with Crippen LogP contribution in [0.15, 0.2) is 29.1 Å². The van der Waals surface area contributed by atoms with Crippen LogP contribution in [0.1, 0.15) is 18.7 Å². The molecule has 27 heavy (non-hydrogen) atoms. The van der Waals surface area contributed by atoms with Gasteiger partial charge in [0.1, 0.15) is 5.82 Å². The minimum atomic E-state index is -0.929. The standard InChI is InChI=1S/C18H21N3O5S/c22-16(21-6-7-26-12(10-21)9-17(23)24)5-8-27-11-15-19-14-4-2-1-3-13(14)18(25)20-15/h1-4,12H,5-11H2,(H,23,24)(H,19,20,25). The number of aliphatic carboxylic acids is 1. The van der Waals surface area contributed by atoms with E-state index in [0.29, 0.717) is 54.4 Å². The molecule has 0 saturated carbocycles. The normalized spacial score (nSPS) is 17.2. The van der Waals surface area contributed by atoms with Gasteiger partial charge in [-0.25, -0.2) is 4.98 Å². The Balaban J connectivity index is 1.46. The maximum absolute atomic E-state index is 12.3. The van der Waals surface area contributed by atoms with E-state index in [1.807, 2.05) is 6.07 Å². The molecule has 144 valence electrons. The summed E-state index contributed by atoms with van der Waals surface area (Å²) in [5.74, 6) is 0.751. The maximum atomic E-state index is 12.3. The van der Waals surface area contributed by atoms with Crippen molar-refractivity contribution in [2.75, 3.05) is 25.4 Å². The van der Waals surface area contributed by atoms with Gasteiger partial charge in [-0.15, -0.1) is 0 Å². The molecule has 9 heteroatoms. The molecule has 1 aromatic heterocycles. The fraction of sp³-hybridized carbons (Fsp3) is 0.444. The Hall–Kier alpha value is -2.39. The van der Waals surface area contributed by atoms with E-state index in [0.717, 1.165) is 0 Å². The minimum Gasteiger partial charge on any atom is -0.481 e. The van der Waals surface area contributed by atoms with Gasteiger partial charge in [-0.2, -0.15) is 11.8 Å². The van der Waals surface area contributed by atoms with Gasteiger partial charge in [-0.1, -0.05) is 12.1 Å². The van der Waals surface area contributed by atoms with Crippen molar-refractivity contribution in [1.29, 1.82) is 0 Å². The number of rotatable bonds is 7. The van der Waals surface area contributed by atoms with Crippen LogP contribution in [0.4, 0.5) is 0 Å². The quantitative estimate of drug-likeness (QED) is 0.683. The van der Waals surface area contributed by atoms with Crippen LogP contribution in [-0.4, -0.2) is 63.4 Å². The lowest BCUT2D eigenvalue weighted by Crippen LogP contribution is -2.46. The largest absolute Gasteiger partial charge is 0.481 e. The predicted molar refractivity (Wildman–Crippen MR) is 102 cm³/mol. The number of hydrogen-bond acceptors (Lipinski definition) is 6. The number of nitrogens with one attached hydrogen (secondary N) is 1. The lowest BCUT2D eigenvalue weighted by Gasteiger charge is -2.32. The third-order valence-electron chi connectivity index (χ3n) is 4.25. The van der Waals surface area contributed by atoms with Crippen LogP contribution in [0.3, 0.4) is 0 Å². The first-order chi connectivity index (χ1) is 13.0. The van der Waals surface area contributed by atoms with Crippen LogP contribution in [0.5, 0.6) is 0 Å². The third-order valence-corrected chi connectivity index (χ3v) is 5.23. The van der Waals surface area contributed by atoms with E-state index < -0.39 is 12.1 Å². The number of ether oxygens (including phenoxy) is 1. The van der Waals surface area contributed by atoms with Crippen molar-refractivity contribution in [3.05, 3.63) is 40.4 Å². The van der Waals surface area contributed by atoms with Gasteiger partial charge in [0.05, 0.1) is 35.8 Å². The van der Waals surface area contributed by atoms with Crippen molar-refractivity contribution in [3.63, 3.8) is 0 Å². The summed E-state index contributed by atoms with van der Waals surface area (Å²) in [7, 11) is 0. The van der Waals surface area contributed by atoms with E-state index in [2.05, 4.69) is 9.97 Å². The highest BCUT2D eigenvalue weighted by Crippen LogP contribution is 2.14. The number of nitrogens with zero attached hydrogens (tertiary/aromatic N) is 2. The smallest absolute Gasteiger partial charge is 0.306 e. The molecule has 1 atom stereocenters. The maximum Gasteiger partial charge on any atom is 0.306 e. The molecule has 8 nitrogen and oxygen atoms in total. The number of amides is 1. The van der Waals surface area contributed by atoms with E-state index in [9.17, 15) is 14.4 Å². The van der Waals surface area contributed by atoms with Crippen LogP contribution in [0.2, 0.25) is 0 Å². The van der Waals surface area contributed by atoms with Crippen molar-refractivity contribution in [2.45, 2.75) is 24.7 Å². The Morgan fingerprint density at radius 2 is 2.19 bits per heavy atom. The first kappa shape index (κ1) is 19.4. The Morgan fingerprint density at radius 3 is 3.00 bits per heavy atom. The summed E-state index contributed by atoms with van der Waals surface area (Å²) in [4.78, 5) is 44.0. The molecule has 2 heterocycles. The average molecular weight is 391 g/mol. The number of morpholine rings is 1. The summed E-state index contributed by atoms with van der Waals surface area (Å²) in [6, 6.07) is 7.17. The molecule has 0 radical (unpaired) electrons. The van der Waals surface area contributed by atoms with Gasteiger partial charge in [-0.3, -0.25) is 14.4 Å². The number of carboxylic acid groups (broad SMARTS) is 1. The number of hydrogen-bond donors (Lipinski definition) is 2. The molecule has 1 aliphatic rings. The molecule has 1 unspecified atom stereocenters. The lowest BCUT2D eigenvalue weighted by molar-refractivity contribution is -0.147. The van der Waals surface area contributed by atoms with Crippen molar-refractivity contribution in [3.8, 4) is 0 Å². The number of carbonyl (C=O) groups excluding carboxylic acids is 1. The molecular formula is C18H21N3O5S. The van der Waals surface area contributed by atoms with Crippen molar-refractivity contribution < 1.29 is 19.4 Å². The van der Waals surface area contributed by atoms with Crippen LogP contribution in [-0.2, 0) is 20.1 Å². The highest BCUT2D eigenvalue weighted by atomic mass is 32.2. The van der Waals surface area contributed by atoms with Gasteiger partial charge in [-0.05, 0) is 12.1 Å². The zero-order valence-corrected chi connectivity index (χ0v) is 15.5. The molecule has 0 aliphatic carbocycles. The molecule has 1 aromatic carbocycles. The van der Waals surface area contributed by atoms with E-state index in [4.69, 9.17) is 9.84 Å². The summed E-state index contributed by atoms with van der Waals surface area (Å²) in [5.41, 5.74) is 0.496. The summed E-state index contributed by atoms with van der Waals surface area (Å²) >= 11 is 1.52. The van der Waals surface area contributed by atoms with Crippen LogP contribution in [0, 0.1) is 0 Å². The first-order valence-corrected chi connectivity index (χ1v) is 9.85. The number of aromatic amines is 1. The van der Waals surface area contributed by atoms with Crippen LogP contribution in [0.25, 0.3) is 10.9 Å². The number of aromatic nitrogens is 2. The molecule has 1 saturated heterocycles. The molecule has 3 rings (SSSR count).